The Kier molecular flexibility index (Phi) is 5.85. The molecule has 0 spiro atoms. The average Bonchev–Trinajstić information content (AvgIpc) is 2.39. The third-order valence-electron chi connectivity index (χ3n) is 2.84. The van der Waals surface area contributed by atoms with Crippen LogP contribution < -0.4 is 10.1 Å². The van der Waals surface area contributed by atoms with Crippen molar-refractivity contribution in [3.05, 3.63) is 24.3 Å². The maximum Gasteiger partial charge on any atom is 0.341 e. The smallest absolute Gasteiger partial charge is 0.341 e. The normalized spacial score (nSPS) is 10.3. The van der Waals surface area contributed by atoms with Crippen LogP contribution >= 0.6 is 0 Å². The van der Waals surface area contributed by atoms with Gasteiger partial charge in [-0.15, -0.1) is 0 Å². The van der Waals surface area contributed by atoms with E-state index in [9.17, 15) is 9.59 Å². The number of rotatable bonds is 7. The Hall–Kier alpha value is -2.04. The Balaban J connectivity index is 2.56. The summed E-state index contributed by atoms with van der Waals surface area (Å²) in [6, 6.07) is 6.64. The highest BCUT2D eigenvalue weighted by atomic mass is 16.5. The molecule has 0 saturated carbocycles. The summed E-state index contributed by atoms with van der Waals surface area (Å²) in [4.78, 5) is 22.2. The fourth-order valence-electron chi connectivity index (χ4n) is 1.68. The maximum atomic E-state index is 11.9. The van der Waals surface area contributed by atoms with E-state index in [-0.39, 0.29) is 18.4 Å². The van der Waals surface area contributed by atoms with Crippen LogP contribution in [0.5, 0.6) is 5.75 Å². The van der Waals surface area contributed by atoms with Crippen LogP contribution in [0.4, 0.5) is 5.69 Å². The molecule has 2 N–H and O–H groups in total. The molecule has 5 nitrogen and oxygen atoms in total. The molecule has 5 heteroatoms. The summed E-state index contributed by atoms with van der Waals surface area (Å²) in [6.45, 7) is 3.59. The van der Waals surface area contributed by atoms with E-state index in [1.165, 1.54) is 0 Å². The Morgan fingerprint density at radius 3 is 2.26 bits per heavy atom. The second kappa shape index (κ2) is 7.41. The van der Waals surface area contributed by atoms with Gasteiger partial charge in [-0.3, -0.25) is 4.79 Å². The zero-order valence-electron chi connectivity index (χ0n) is 11.2. The van der Waals surface area contributed by atoms with Crippen molar-refractivity contribution < 1.29 is 19.4 Å². The van der Waals surface area contributed by atoms with E-state index in [1.54, 1.807) is 24.3 Å². The monoisotopic (exact) mass is 265 g/mol. The summed E-state index contributed by atoms with van der Waals surface area (Å²) in [5.41, 5.74) is 0.680. The minimum atomic E-state index is -1.02. The van der Waals surface area contributed by atoms with Gasteiger partial charge < -0.3 is 15.2 Å². The lowest BCUT2D eigenvalue weighted by Crippen LogP contribution is -2.21. The molecule has 0 aliphatic rings. The van der Waals surface area contributed by atoms with E-state index >= 15 is 0 Å². The summed E-state index contributed by atoms with van der Waals surface area (Å²) in [6.07, 6.45) is 1.62. The molecule has 104 valence electrons. The van der Waals surface area contributed by atoms with Gasteiger partial charge in [-0.1, -0.05) is 13.8 Å². The highest BCUT2D eigenvalue weighted by Gasteiger charge is 2.13. The zero-order valence-corrected chi connectivity index (χ0v) is 11.2. The van der Waals surface area contributed by atoms with Crippen molar-refractivity contribution in [1.29, 1.82) is 0 Å². The van der Waals surface area contributed by atoms with Crippen LogP contribution in [0.25, 0.3) is 0 Å². The quantitative estimate of drug-likeness (QED) is 0.794. The number of nitrogens with one attached hydrogen (secondary N) is 1. The second-order valence-corrected chi connectivity index (χ2v) is 4.21. The van der Waals surface area contributed by atoms with Gasteiger partial charge in [0.15, 0.2) is 6.61 Å². The SMILES string of the molecule is CCC(CC)C(=O)Nc1ccc(OCC(=O)O)cc1. The van der Waals surface area contributed by atoms with Gasteiger partial charge in [-0.05, 0) is 37.1 Å². The number of carbonyl (C=O) groups excluding carboxylic acids is 1. The van der Waals surface area contributed by atoms with Crippen LogP contribution in [0, 0.1) is 5.92 Å². The van der Waals surface area contributed by atoms with Crippen LogP contribution in [0.15, 0.2) is 24.3 Å². The van der Waals surface area contributed by atoms with E-state index in [2.05, 4.69) is 5.32 Å². The van der Waals surface area contributed by atoms with Gasteiger partial charge in [0.2, 0.25) is 5.91 Å². The van der Waals surface area contributed by atoms with Crippen molar-refractivity contribution in [2.24, 2.45) is 5.92 Å². The molecule has 0 fully saturated rings. The highest BCUT2D eigenvalue weighted by Crippen LogP contribution is 2.17. The molecule has 0 radical (unpaired) electrons. The summed E-state index contributed by atoms with van der Waals surface area (Å²) >= 11 is 0. The predicted molar refractivity (Wildman–Crippen MR) is 72.3 cm³/mol. The predicted octanol–water partition coefficient (Wildman–Crippen LogP) is 2.52. The zero-order chi connectivity index (χ0) is 14.3. The molecule has 0 aliphatic heterocycles. The number of carboxylic acid groups (broad SMARTS) is 1. The molecule has 1 rings (SSSR count). The number of benzene rings is 1. The number of carboxylic acids is 1. The molecule has 0 heterocycles. The van der Waals surface area contributed by atoms with Crippen LogP contribution in [0.1, 0.15) is 26.7 Å². The molecule has 0 aromatic heterocycles. The molecule has 0 unspecified atom stereocenters. The van der Waals surface area contributed by atoms with Gasteiger partial charge in [0.1, 0.15) is 5.75 Å². The van der Waals surface area contributed by atoms with Gasteiger partial charge in [0.25, 0.3) is 0 Å². The Morgan fingerprint density at radius 1 is 1.21 bits per heavy atom. The molecule has 0 atom stereocenters. The van der Waals surface area contributed by atoms with Crippen molar-refractivity contribution >= 4 is 17.6 Å². The molecule has 19 heavy (non-hydrogen) atoms. The summed E-state index contributed by atoms with van der Waals surface area (Å²) in [5, 5.41) is 11.3. The second-order valence-electron chi connectivity index (χ2n) is 4.21. The average molecular weight is 265 g/mol. The fraction of sp³-hybridized carbons (Fsp3) is 0.429. The molecular weight excluding hydrogens is 246 g/mol. The van der Waals surface area contributed by atoms with Crippen LogP contribution in [-0.2, 0) is 9.59 Å². The van der Waals surface area contributed by atoms with Crippen molar-refractivity contribution in [1.82, 2.24) is 0 Å². The fourth-order valence-corrected chi connectivity index (χ4v) is 1.68. The molecule has 1 aromatic rings. The summed E-state index contributed by atoms with van der Waals surface area (Å²) in [5.74, 6) is -0.541. The van der Waals surface area contributed by atoms with Gasteiger partial charge in [0.05, 0.1) is 0 Å². The largest absolute Gasteiger partial charge is 0.482 e. The van der Waals surface area contributed by atoms with E-state index in [0.717, 1.165) is 12.8 Å². The highest BCUT2D eigenvalue weighted by molar-refractivity contribution is 5.92. The van der Waals surface area contributed by atoms with Crippen molar-refractivity contribution in [2.75, 3.05) is 11.9 Å². The number of carbonyl (C=O) groups is 2. The van der Waals surface area contributed by atoms with Crippen LogP contribution in [0.2, 0.25) is 0 Å². The molecule has 0 saturated heterocycles. The van der Waals surface area contributed by atoms with Crippen molar-refractivity contribution in [3.8, 4) is 5.75 Å². The standard InChI is InChI=1S/C14H19NO4/c1-3-10(4-2)14(18)15-11-5-7-12(8-6-11)19-9-13(16)17/h5-8,10H,3-4,9H2,1-2H3,(H,15,18)(H,16,17). The number of amides is 1. The third-order valence-corrected chi connectivity index (χ3v) is 2.84. The van der Waals surface area contributed by atoms with Gasteiger partial charge >= 0.3 is 5.97 Å². The number of hydrogen-bond acceptors (Lipinski definition) is 3. The van der Waals surface area contributed by atoms with Gasteiger partial charge in [-0.25, -0.2) is 4.79 Å². The van der Waals surface area contributed by atoms with Crippen LogP contribution in [-0.4, -0.2) is 23.6 Å². The Labute approximate surface area is 112 Å². The Morgan fingerprint density at radius 2 is 1.79 bits per heavy atom. The van der Waals surface area contributed by atoms with E-state index in [4.69, 9.17) is 9.84 Å². The maximum absolute atomic E-state index is 11.9. The topological polar surface area (TPSA) is 75.6 Å². The lowest BCUT2D eigenvalue weighted by Gasteiger charge is -2.13. The van der Waals surface area contributed by atoms with Gasteiger partial charge in [0, 0.05) is 11.6 Å². The van der Waals surface area contributed by atoms with Crippen molar-refractivity contribution in [2.45, 2.75) is 26.7 Å². The summed E-state index contributed by atoms with van der Waals surface area (Å²) in [7, 11) is 0. The van der Waals surface area contributed by atoms with E-state index in [0.29, 0.717) is 11.4 Å². The lowest BCUT2D eigenvalue weighted by molar-refractivity contribution is -0.139. The minimum Gasteiger partial charge on any atom is -0.482 e. The minimum absolute atomic E-state index is 0.00389. The first-order chi connectivity index (χ1) is 9.06. The molecule has 1 amide bonds. The van der Waals surface area contributed by atoms with Crippen molar-refractivity contribution in [3.63, 3.8) is 0 Å². The lowest BCUT2D eigenvalue weighted by atomic mass is 10.0. The first-order valence-corrected chi connectivity index (χ1v) is 6.32. The first kappa shape index (κ1) is 15.0. The van der Waals surface area contributed by atoms with Gasteiger partial charge in [-0.2, -0.15) is 0 Å². The van der Waals surface area contributed by atoms with E-state index in [1.807, 2.05) is 13.8 Å². The first-order valence-electron chi connectivity index (χ1n) is 6.32. The number of hydrogen-bond donors (Lipinski definition) is 2. The summed E-state index contributed by atoms with van der Waals surface area (Å²) < 4.78 is 5.00. The number of anilines is 1. The third kappa shape index (κ3) is 4.99. The number of ether oxygens (including phenoxy) is 1. The molecular formula is C14H19NO4. The molecule has 0 bridgehead atoms. The number of aliphatic carboxylic acids is 1. The molecule has 1 aromatic carbocycles. The molecule has 0 aliphatic carbocycles. The van der Waals surface area contributed by atoms with Crippen LogP contribution in [0.3, 0.4) is 0 Å². The van der Waals surface area contributed by atoms with E-state index < -0.39 is 5.97 Å². The Bertz CT molecular complexity index is 424.